The number of hydrogen-bond donors (Lipinski definition) is 1. The van der Waals surface area contributed by atoms with Gasteiger partial charge in [-0.05, 0) is 12.8 Å². The van der Waals surface area contributed by atoms with E-state index in [1.807, 2.05) is 6.20 Å². The molecule has 1 saturated carbocycles. The molecule has 70 valence electrons. The van der Waals surface area contributed by atoms with Crippen LogP contribution in [-0.2, 0) is 6.54 Å². The van der Waals surface area contributed by atoms with Crippen molar-refractivity contribution >= 4 is 0 Å². The number of nitrogens with zero attached hydrogens (tertiary/aromatic N) is 3. The molecule has 0 unspecified atom stereocenters. The van der Waals surface area contributed by atoms with E-state index in [9.17, 15) is 0 Å². The van der Waals surface area contributed by atoms with Crippen LogP contribution in [0, 0.1) is 0 Å². The van der Waals surface area contributed by atoms with Crippen LogP contribution in [0.15, 0.2) is 6.20 Å². The summed E-state index contributed by atoms with van der Waals surface area (Å²) in [6.45, 7) is 0.373. The van der Waals surface area contributed by atoms with Gasteiger partial charge in [0.1, 0.15) is 0 Å². The standard InChI is InChI=1S/C9H14N4/c10-5-9-11-6-8(12-13-9)7-3-1-2-4-7/h6-7H,1-5,10H2. The van der Waals surface area contributed by atoms with E-state index in [1.165, 1.54) is 25.7 Å². The van der Waals surface area contributed by atoms with Crippen LogP contribution in [0.25, 0.3) is 0 Å². The van der Waals surface area contributed by atoms with Crippen LogP contribution in [0.5, 0.6) is 0 Å². The molecule has 1 fully saturated rings. The zero-order chi connectivity index (χ0) is 9.10. The van der Waals surface area contributed by atoms with E-state index in [2.05, 4.69) is 15.2 Å². The average Bonchev–Trinajstić information content (AvgIpc) is 2.71. The lowest BCUT2D eigenvalue weighted by molar-refractivity contribution is 0.659. The van der Waals surface area contributed by atoms with Crippen LogP contribution in [0.1, 0.15) is 43.1 Å². The average molecular weight is 178 g/mol. The molecule has 1 heterocycles. The lowest BCUT2D eigenvalue weighted by Crippen LogP contribution is -2.07. The van der Waals surface area contributed by atoms with Gasteiger partial charge in [0.25, 0.3) is 0 Å². The van der Waals surface area contributed by atoms with Crippen molar-refractivity contribution in [2.45, 2.75) is 38.1 Å². The van der Waals surface area contributed by atoms with Gasteiger partial charge >= 0.3 is 0 Å². The third kappa shape index (κ3) is 1.83. The van der Waals surface area contributed by atoms with Gasteiger partial charge in [0.15, 0.2) is 5.82 Å². The van der Waals surface area contributed by atoms with Crippen molar-refractivity contribution in [1.82, 2.24) is 15.2 Å². The molecule has 1 aliphatic rings. The van der Waals surface area contributed by atoms with Crippen LogP contribution in [0.4, 0.5) is 0 Å². The maximum absolute atomic E-state index is 5.39. The normalized spacial score (nSPS) is 17.9. The van der Waals surface area contributed by atoms with E-state index in [0.29, 0.717) is 18.3 Å². The van der Waals surface area contributed by atoms with Crippen LogP contribution in [-0.4, -0.2) is 15.2 Å². The van der Waals surface area contributed by atoms with Gasteiger partial charge in [-0.25, -0.2) is 4.98 Å². The molecule has 1 aliphatic carbocycles. The molecule has 0 bridgehead atoms. The summed E-state index contributed by atoms with van der Waals surface area (Å²) < 4.78 is 0. The molecule has 2 rings (SSSR count). The highest BCUT2D eigenvalue weighted by molar-refractivity contribution is 5.04. The molecule has 0 spiro atoms. The number of nitrogens with two attached hydrogens (primary N) is 1. The Kier molecular flexibility index (Phi) is 2.49. The predicted octanol–water partition coefficient (Wildman–Crippen LogP) is 0.988. The Bertz CT molecular complexity index is 263. The molecule has 0 aromatic carbocycles. The van der Waals surface area contributed by atoms with Gasteiger partial charge in [-0.1, -0.05) is 12.8 Å². The second-order valence-electron chi connectivity index (χ2n) is 3.48. The first-order valence-corrected chi connectivity index (χ1v) is 4.78. The van der Waals surface area contributed by atoms with Crippen molar-refractivity contribution in [3.63, 3.8) is 0 Å². The van der Waals surface area contributed by atoms with E-state index in [0.717, 1.165) is 5.69 Å². The number of rotatable bonds is 2. The van der Waals surface area contributed by atoms with E-state index in [-0.39, 0.29) is 0 Å². The molecule has 0 amide bonds. The topological polar surface area (TPSA) is 64.7 Å². The molecule has 4 nitrogen and oxygen atoms in total. The smallest absolute Gasteiger partial charge is 0.164 e. The van der Waals surface area contributed by atoms with Gasteiger partial charge in [0, 0.05) is 5.92 Å². The minimum absolute atomic E-state index is 0.373. The first-order chi connectivity index (χ1) is 6.40. The molecule has 1 aromatic rings. The summed E-state index contributed by atoms with van der Waals surface area (Å²) in [7, 11) is 0. The number of hydrogen-bond acceptors (Lipinski definition) is 4. The molecule has 0 aliphatic heterocycles. The summed E-state index contributed by atoms with van der Waals surface area (Å²) in [5.41, 5.74) is 6.43. The highest BCUT2D eigenvalue weighted by Crippen LogP contribution is 2.32. The Morgan fingerprint density at radius 1 is 1.31 bits per heavy atom. The summed E-state index contributed by atoms with van der Waals surface area (Å²) in [5.74, 6) is 1.22. The van der Waals surface area contributed by atoms with E-state index in [4.69, 9.17) is 5.73 Å². The highest BCUT2D eigenvalue weighted by atomic mass is 15.2. The molecule has 13 heavy (non-hydrogen) atoms. The van der Waals surface area contributed by atoms with Gasteiger partial charge in [0.2, 0.25) is 0 Å². The first kappa shape index (κ1) is 8.56. The lowest BCUT2D eigenvalue weighted by atomic mass is 10.1. The Morgan fingerprint density at radius 2 is 2.08 bits per heavy atom. The SMILES string of the molecule is NCc1ncc(C2CCCC2)nn1. The summed E-state index contributed by atoms with van der Waals surface area (Å²) in [6, 6.07) is 0. The second kappa shape index (κ2) is 3.79. The fraction of sp³-hybridized carbons (Fsp3) is 0.667. The van der Waals surface area contributed by atoms with Gasteiger partial charge in [-0.15, -0.1) is 5.10 Å². The van der Waals surface area contributed by atoms with Crippen LogP contribution in [0.2, 0.25) is 0 Å². The van der Waals surface area contributed by atoms with Crippen LogP contribution >= 0.6 is 0 Å². The minimum Gasteiger partial charge on any atom is -0.324 e. The molecule has 0 radical (unpaired) electrons. The predicted molar refractivity (Wildman–Crippen MR) is 48.9 cm³/mol. The molecule has 2 N–H and O–H groups in total. The van der Waals surface area contributed by atoms with Crippen molar-refractivity contribution < 1.29 is 0 Å². The number of aromatic nitrogens is 3. The fourth-order valence-electron chi connectivity index (χ4n) is 1.81. The van der Waals surface area contributed by atoms with Crippen LogP contribution < -0.4 is 5.73 Å². The summed E-state index contributed by atoms with van der Waals surface area (Å²) in [5, 5.41) is 8.09. The van der Waals surface area contributed by atoms with Gasteiger partial charge < -0.3 is 5.73 Å². The van der Waals surface area contributed by atoms with Crippen molar-refractivity contribution in [3.05, 3.63) is 17.7 Å². The second-order valence-corrected chi connectivity index (χ2v) is 3.48. The summed E-state index contributed by atoms with van der Waals surface area (Å²) >= 11 is 0. The zero-order valence-corrected chi connectivity index (χ0v) is 7.61. The van der Waals surface area contributed by atoms with Gasteiger partial charge in [0.05, 0.1) is 18.4 Å². The monoisotopic (exact) mass is 178 g/mol. The molecule has 4 heteroatoms. The lowest BCUT2D eigenvalue weighted by Gasteiger charge is -2.05. The fourth-order valence-corrected chi connectivity index (χ4v) is 1.81. The minimum atomic E-state index is 0.373. The molecule has 0 atom stereocenters. The Morgan fingerprint density at radius 3 is 2.62 bits per heavy atom. The van der Waals surface area contributed by atoms with Crippen molar-refractivity contribution in [3.8, 4) is 0 Å². The maximum atomic E-state index is 5.39. The Hall–Kier alpha value is -1.03. The molecule has 0 saturated heterocycles. The zero-order valence-electron chi connectivity index (χ0n) is 7.61. The van der Waals surface area contributed by atoms with E-state index < -0.39 is 0 Å². The van der Waals surface area contributed by atoms with Gasteiger partial charge in [-0.2, -0.15) is 5.10 Å². The van der Waals surface area contributed by atoms with Gasteiger partial charge in [-0.3, -0.25) is 0 Å². The summed E-state index contributed by atoms with van der Waals surface area (Å²) in [4.78, 5) is 4.14. The van der Waals surface area contributed by atoms with Crippen molar-refractivity contribution in [2.75, 3.05) is 0 Å². The van der Waals surface area contributed by atoms with Crippen molar-refractivity contribution in [1.29, 1.82) is 0 Å². The highest BCUT2D eigenvalue weighted by Gasteiger charge is 2.18. The van der Waals surface area contributed by atoms with E-state index >= 15 is 0 Å². The molecular formula is C9H14N4. The Labute approximate surface area is 77.6 Å². The third-order valence-electron chi connectivity index (χ3n) is 2.58. The largest absolute Gasteiger partial charge is 0.324 e. The quantitative estimate of drug-likeness (QED) is 0.733. The molecule has 1 aromatic heterocycles. The van der Waals surface area contributed by atoms with Crippen molar-refractivity contribution in [2.24, 2.45) is 5.73 Å². The Balaban J connectivity index is 2.12. The molecular weight excluding hydrogens is 164 g/mol. The van der Waals surface area contributed by atoms with Crippen LogP contribution in [0.3, 0.4) is 0 Å². The van der Waals surface area contributed by atoms with E-state index in [1.54, 1.807) is 0 Å². The third-order valence-corrected chi connectivity index (χ3v) is 2.58. The first-order valence-electron chi connectivity index (χ1n) is 4.78. The maximum Gasteiger partial charge on any atom is 0.164 e. The summed E-state index contributed by atoms with van der Waals surface area (Å²) in [6.07, 6.45) is 6.91.